The smallest absolute Gasteiger partial charge is 0.146 e. The van der Waals surface area contributed by atoms with Crippen LogP contribution in [0.25, 0.3) is 22.3 Å². The van der Waals surface area contributed by atoms with Gasteiger partial charge in [0.1, 0.15) is 17.4 Å². The Kier molecular flexibility index (Phi) is 5.25. The van der Waals surface area contributed by atoms with E-state index >= 15 is 0 Å². The summed E-state index contributed by atoms with van der Waals surface area (Å²) in [5.41, 5.74) is 9.39. The summed E-state index contributed by atoms with van der Waals surface area (Å²) in [4.78, 5) is 17.3. The minimum atomic E-state index is -0.703. The zero-order valence-electron chi connectivity index (χ0n) is 17.2. The number of nitrogens with two attached hydrogens (primary N) is 1. The molecular weight excluding hydrogens is 375 g/mol. The van der Waals surface area contributed by atoms with E-state index < -0.39 is 5.54 Å². The fourth-order valence-corrected chi connectivity index (χ4v) is 4.21. The molecule has 0 spiro atoms. The third-order valence-corrected chi connectivity index (χ3v) is 5.92. The van der Waals surface area contributed by atoms with Crippen LogP contribution in [0.5, 0.6) is 0 Å². The molecule has 0 fully saturated rings. The number of nitrogens with zero attached hydrogens (tertiary/aromatic N) is 1. The Balaban J connectivity index is 1.70. The highest BCUT2D eigenvalue weighted by Crippen LogP contribution is 2.37. The van der Waals surface area contributed by atoms with Crippen LogP contribution in [0.4, 0.5) is 4.39 Å². The van der Waals surface area contributed by atoms with Crippen LogP contribution in [0.1, 0.15) is 32.3 Å². The predicted octanol–water partition coefficient (Wildman–Crippen LogP) is 5.73. The molecule has 0 radical (unpaired) electrons. The SMILES string of the molecule is CCC1C(=O)CC(C)(c2cccc(-c3ccc(-c4ccccc4)c(F)c3)c2)N=C1N. The van der Waals surface area contributed by atoms with E-state index in [1.807, 2.05) is 74.5 Å². The summed E-state index contributed by atoms with van der Waals surface area (Å²) in [7, 11) is 0. The molecule has 4 heteroatoms. The number of halogens is 1. The molecule has 1 heterocycles. The van der Waals surface area contributed by atoms with Gasteiger partial charge in [-0.1, -0.05) is 67.6 Å². The zero-order valence-corrected chi connectivity index (χ0v) is 17.2. The van der Waals surface area contributed by atoms with E-state index in [2.05, 4.69) is 0 Å². The van der Waals surface area contributed by atoms with Gasteiger partial charge in [0.25, 0.3) is 0 Å². The Morgan fingerprint density at radius 2 is 1.70 bits per heavy atom. The molecule has 30 heavy (non-hydrogen) atoms. The number of aliphatic imine (C=N–C) groups is 1. The van der Waals surface area contributed by atoms with Crippen molar-refractivity contribution < 1.29 is 9.18 Å². The predicted molar refractivity (Wildman–Crippen MR) is 120 cm³/mol. The first-order valence-electron chi connectivity index (χ1n) is 10.2. The molecule has 152 valence electrons. The van der Waals surface area contributed by atoms with E-state index in [1.165, 1.54) is 0 Å². The lowest BCUT2D eigenvalue weighted by Gasteiger charge is -2.33. The highest BCUT2D eigenvalue weighted by molar-refractivity contribution is 6.05. The molecule has 0 bridgehead atoms. The van der Waals surface area contributed by atoms with Crippen molar-refractivity contribution in [3.05, 3.63) is 84.2 Å². The minimum absolute atomic E-state index is 0.121. The van der Waals surface area contributed by atoms with Crippen LogP contribution in [0.2, 0.25) is 0 Å². The van der Waals surface area contributed by atoms with Crippen molar-refractivity contribution in [1.82, 2.24) is 0 Å². The fourth-order valence-electron chi connectivity index (χ4n) is 4.21. The van der Waals surface area contributed by atoms with E-state index in [0.717, 1.165) is 22.3 Å². The Bertz CT molecular complexity index is 1120. The number of ketones is 1. The van der Waals surface area contributed by atoms with E-state index in [0.29, 0.717) is 24.2 Å². The van der Waals surface area contributed by atoms with Crippen LogP contribution in [0.15, 0.2) is 77.8 Å². The second-order valence-corrected chi connectivity index (χ2v) is 8.06. The van der Waals surface area contributed by atoms with Gasteiger partial charge in [0.2, 0.25) is 0 Å². The summed E-state index contributed by atoms with van der Waals surface area (Å²) in [5.74, 6) is -0.0341. The largest absolute Gasteiger partial charge is 0.387 e. The van der Waals surface area contributed by atoms with Gasteiger partial charge in [0.05, 0.1) is 11.5 Å². The average Bonchev–Trinajstić information content (AvgIpc) is 2.74. The van der Waals surface area contributed by atoms with Gasteiger partial charge >= 0.3 is 0 Å². The molecule has 2 N–H and O–H groups in total. The van der Waals surface area contributed by atoms with E-state index in [-0.39, 0.29) is 17.5 Å². The summed E-state index contributed by atoms with van der Waals surface area (Å²) < 4.78 is 14.9. The second kappa shape index (κ2) is 7.86. The second-order valence-electron chi connectivity index (χ2n) is 8.06. The van der Waals surface area contributed by atoms with Crippen LogP contribution in [-0.2, 0) is 10.3 Å². The first kappa shape index (κ1) is 20.0. The molecule has 2 unspecified atom stereocenters. The maximum absolute atomic E-state index is 14.9. The van der Waals surface area contributed by atoms with Gasteiger partial charge in [-0.3, -0.25) is 9.79 Å². The van der Waals surface area contributed by atoms with Gasteiger partial charge in [-0.25, -0.2) is 4.39 Å². The summed E-state index contributed by atoms with van der Waals surface area (Å²) >= 11 is 0. The first-order valence-corrected chi connectivity index (χ1v) is 10.2. The Morgan fingerprint density at radius 1 is 1.00 bits per heavy atom. The van der Waals surface area contributed by atoms with Gasteiger partial charge in [-0.05, 0) is 47.7 Å². The number of rotatable bonds is 4. The lowest BCUT2D eigenvalue weighted by atomic mass is 9.79. The monoisotopic (exact) mass is 400 g/mol. The minimum Gasteiger partial charge on any atom is -0.387 e. The number of hydrogen-bond acceptors (Lipinski definition) is 3. The molecule has 0 aliphatic carbocycles. The molecule has 0 aromatic heterocycles. The Hall–Kier alpha value is -3.27. The van der Waals surface area contributed by atoms with Gasteiger partial charge in [0.15, 0.2) is 0 Å². The summed E-state index contributed by atoms with van der Waals surface area (Å²) in [5, 5.41) is 0. The maximum atomic E-state index is 14.9. The van der Waals surface area contributed by atoms with Crippen molar-refractivity contribution in [2.75, 3.05) is 0 Å². The molecule has 3 nitrogen and oxygen atoms in total. The third kappa shape index (κ3) is 3.65. The van der Waals surface area contributed by atoms with Crippen LogP contribution in [0.3, 0.4) is 0 Å². The fraction of sp³-hybridized carbons (Fsp3) is 0.231. The molecule has 0 saturated heterocycles. The van der Waals surface area contributed by atoms with Crippen molar-refractivity contribution in [2.24, 2.45) is 16.6 Å². The molecule has 3 aromatic carbocycles. The number of amidine groups is 1. The summed E-state index contributed by atoms with van der Waals surface area (Å²) in [6, 6.07) is 22.6. The quantitative estimate of drug-likeness (QED) is 0.608. The molecule has 0 amide bonds. The van der Waals surface area contributed by atoms with E-state index in [1.54, 1.807) is 12.1 Å². The Labute approximate surface area is 176 Å². The van der Waals surface area contributed by atoms with Gasteiger partial charge in [0, 0.05) is 12.0 Å². The number of hydrogen-bond donors (Lipinski definition) is 1. The molecular formula is C26H25FN2O. The van der Waals surface area contributed by atoms with Gasteiger partial charge in [-0.15, -0.1) is 0 Å². The lowest BCUT2D eigenvalue weighted by Crippen LogP contribution is -2.41. The third-order valence-electron chi connectivity index (χ3n) is 5.92. The first-order chi connectivity index (χ1) is 14.4. The Morgan fingerprint density at radius 3 is 2.37 bits per heavy atom. The number of carbonyl (C=O) groups excluding carboxylic acids is 1. The molecule has 0 saturated carbocycles. The van der Waals surface area contributed by atoms with Gasteiger partial charge in [-0.2, -0.15) is 0 Å². The van der Waals surface area contributed by atoms with Crippen molar-refractivity contribution in [1.29, 1.82) is 0 Å². The molecule has 1 aliphatic heterocycles. The number of carbonyl (C=O) groups is 1. The van der Waals surface area contributed by atoms with E-state index in [4.69, 9.17) is 10.7 Å². The molecule has 3 aromatic rings. The highest BCUT2D eigenvalue weighted by Gasteiger charge is 2.38. The zero-order chi connectivity index (χ0) is 21.3. The summed E-state index contributed by atoms with van der Waals surface area (Å²) in [6.07, 6.45) is 0.980. The topological polar surface area (TPSA) is 55.5 Å². The maximum Gasteiger partial charge on any atom is 0.146 e. The van der Waals surface area contributed by atoms with Crippen molar-refractivity contribution in [2.45, 2.75) is 32.2 Å². The van der Waals surface area contributed by atoms with Gasteiger partial charge < -0.3 is 5.73 Å². The normalized spacial score (nSPS) is 21.4. The highest BCUT2D eigenvalue weighted by atomic mass is 19.1. The van der Waals surface area contributed by atoms with Crippen LogP contribution in [-0.4, -0.2) is 11.6 Å². The van der Waals surface area contributed by atoms with Crippen molar-refractivity contribution in [3.63, 3.8) is 0 Å². The van der Waals surface area contributed by atoms with Crippen molar-refractivity contribution in [3.8, 4) is 22.3 Å². The van der Waals surface area contributed by atoms with Crippen LogP contribution in [0, 0.1) is 11.7 Å². The number of benzene rings is 3. The molecule has 1 aliphatic rings. The van der Waals surface area contributed by atoms with E-state index in [9.17, 15) is 9.18 Å². The summed E-state index contributed by atoms with van der Waals surface area (Å²) in [6.45, 7) is 3.88. The lowest BCUT2D eigenvalue weighted by molar-refractivity contribution is -0.122. The standard InChI is InChI=1S/C26H25FN2O/c1-3-21-24(30)16-26(2,29-25(21)28)20-11-7-10-18(14-20)19-12-13-22(23(27)15-19)17-8-5-4-6-9-17/h4-15,21H,3,16H2,1-2H3,(H2,28,29). The molecule has 2 atom stereocenters. The van der Waals surface area contributed by atoms with Crippen LogP contribution >= 0.6 is 0 Å². The number of Topliss-reactive ketones (excluding diaryl/α,β-unsaturated/α-hetero) is 1. The van der Waals surface area contributed by atoms with Crippen LogP contribution < -0.4 is 5.73 Å². The molecule has 4 rings (SSSR count). The van der Waals surface area contributed by atoms with Crippen molar-refractivity contribution >= 4 is 11.6 Å². The average molecular weight is 400 g/mol.